The van der Waals surface area contributed by atoms with Crippen molar-refractivity contribution in [3.05, 3.63) is 71.8 Å². The number of carbonyl (C=O) groups is 1. The van der Waals surface area contributed by atoms with Crippen LogP contribution in [0, 0.1) is 0 Å². The molecular weight excluding hydrogens is 318 g/mol. The molecule has 2 aromatic carbocycles. The van der Waals surface area contributed by atoms with Crippen LogP contribution in [0.4, 0.5) is 0 Å². The first-order chi connectivity index (χ1) is 11.8. The van der Waals surface area contributed by atoms with Crippen LogP contribution in [0.2, 0.25) is 0 Å². The number of hydrogen-bond donors (Lipinski definition) is 0. The van der Waals surface area contributed by atoms with Crippen LogP contribution < -0.4 is 0 Å². The van der Waals surface area contributed by atoms with Gasteiger partial charge in [0.25, 0.3) is 0 Å². The first-order valence-electron chi connectivity index (χ1n) is 8.04. The number of esters is 1. The lowest BCUT2D eigenvalue weighted by Gasteiger charge is -2.10. The number of rotatable bonds is 9. The molecule has 4 heteroatoms. The predicted molar refractivity (Wildman–Crippen MR) is 102 cm³/mol. The molecule has 0 spiro atoms. The van der Waals surface area contributed by atoms with Crippen molar-refractivity contribution in [3.8, 4) is 0 Å². The summed E-state index contributed by atoms with van der Waals surface area (Å²) < 4.78 is 4.86. The van der Waals surface area contributed by atoms with E-state index in [1.54, 1.807) is 0 Å². The third-order valence-electron chi connectivity index (χ3n) is 3.53. The van der Waals surface area contributed by atoms with Crippen LogP contribution in [0.15, 0.2) is 65.7 Å². The Morgan fingerprint density at radius 3 is 2.33 bits per heavy atom. The van der Waals surface area contributed by atoms with E-state index in [2.05, 4.69) is 29.3 Å². The third-order valence-corrected chi connectivity index (χ3v) is 4.60. The smallest absolute Gasteiger partial charge is 0.330 e. The summed E-state index contributed by atoms with van der Waals surface area (Å²) in [7, 11) is 1.41. The molecule has 24 heavy (non-hydrogen) atoms. The monoisotopic (exact) mass is 341 g/mol. The molecule has 1 atom stereocenters. The highest BCUT2D eigenvalue weighted by molar-refractivity contribution is 7.98. The Bertz CT molecular complexity index is 629. The quantitative estimate of drug-likeness (QED) is 0.390. The molecule has 0 aliphatic carbocycles. The molecule has 0 aliphatic rings. The highest BCUT2D eigenvalue weighted by Crippen LogP contribution is 2.12. The molecule has 0 aliphatic heterocycles. The average Bonchev–Trinajstić information content (AvgIpc) is 2.64. The zero-order valence-corrected chi connectivity index (χ0v) is 14.7. The normalized spacial score (nSPS) is 12.2. The second kappa shape index (κ2) is 10.7. The van der Waals surface area contributed by atoms with Crippen molar-refractivity contribution in [3.63, 3.8) is 0 Å². The molecular formula is C20H23NO2S. The largest absolute Gasteiger partial charge is 0.467 e. The Balaban J connectivity index is 1.76. The zero-order chi connectivity index (χ0) is 17.0. The molecule has 0 fully saturated rings. The maximum absolute atomic E-state index is 11.9. The van der Waals surface area contributed by atoms with E-state index in [0.717, 1.165) is 23.5 Å². The summed E-state index contributed by atoms with van der Waals surface area (Å²) in [5.41, 5.74) is 2.42. The highest BCUT2D eigenvalue weighted by Gasteiger charge is 2.17. The second-order valence-corrected chi connectivity index (χ2v) is 6.49. The summed E-state index contributed by atoms with van der Waals surface area (Å²) in [4.78, 5) is 16.3. The van der Waals surface area contributed by atoms with Gasteiger partial charge in [-0.25, -0.2) is 4.79 Å². The molecule has 0 heterocycles. The molecule has 0 amide bonds. The standard InChI is InChI=1S/C20H23NO2S/c1-23-20(22)19(15-17-9-4-2-5-10-17)21-13-8-14-24-16-18-11-6-3-7-12-18/h2-7,9-13,19H,8,14-16H2,1H3/t19-/m0/s1. The molecule has 3 nitrogen and oxygen atoms in total. The maximum Gasteiger partial charge on any atom is 0.330 e. The Labute approximate surface area is 148 Å². The molecule has 0 radical (unpaired) electrons. The van der Waals surface area contributed by atoms with E-state index >= 15 is 0 Å². The number of hydrogen-bond acceptors (Lipinski definition) is 4. The van der Waals surface area contributed by atoms with Crippen LogP contribution in [-0.4, -0.2) is 31.1 Å². The lowest BCUT2D eigenvalue weighted by molar-refractivity contribution is -0.142. The molecule has 0 saturated heterocycles. The van der Waals surface area contributed by atoms with Gasteiger partial charge >= 0.3 is 5.97 Å². The number of thioether (sulfide) groups is 1. The van der Waals surface area contributed by atoms with Crippen LogP contribution in [0.3, 0.4) is 0 Å². The van der Waals surface area contributed by atoms with Gasteiger partial charge < -0.3 is 4.74 Å². The van der Waals surface area contributed by atoms with Crippen LogP contribution in [0.1, 0.15) is 17.5 Å². The second-order valence-electron chi connectivity index (χ2n) is 5.39. The number of ether oxygens (including phenoxy) is 1. The van der Waals surface area contributed by atoms with Gasteiger partial charge in [0.2, 0.25) is 0 Å². The van der Waals surface area contributed by atoms with Gasteiger partial charge in [-0.15, -0.1) is 0 Å². The van der Waals surface area contributed by atoms with Crippen LogP contribution in [0.25, 0.3) is 0 Å². The lowest BCUT2D eigenvalue weighted by Crippen LogP contribution is -2.23. The van der Waals surface area contributed by atoms with Gasteiger partial charge in [-0.3, -0.25) is 4.99 Å². The van der Waals surface area contributed by atoms with Gasteiger partial charge in [0, 0.05) is 18.4 Å². The first kappa shape index (κ1) is 18.3. The molecule has 2 aromatic rings. The molecule has 0 unspecified atom stereocenters. The van der Waals surface area contributed by atoms with Gasteiger partial charge in [-0.1, -0.05) is 60.7 Å². The van der Waals surface area contributed by atoms with Crippen LogP contribution >= 0.6 is 11.8 Å². The van der Waals surface area contributed by atoms with E-state index in [1.165, 1.54) is 12.7 Å². The van der Waals surface area contributed by atoms with Crippen molar-refractivity contribution < 1.29 is 9.53 Å². The van der Waals surface area contributed by atoms with E-state index in [9.17, 15) is 4.79 Å². The van der Waals surface area contributed by atoms with Crippen molar-refractivity contribution >= 4 is 23.9 Å². The topological polar surface area (TPSA) is 38.7 Å². The van der Waals surface area contributed by atoms with E-state index in [0.29, 0.717) is 6.42 Å². The summed E-state index contributed by atoms with van der Waals surface area (Å²) in [5.74, 6) is 1.70. The van der Waals surface area contributed by atoms with Gasteiger partial charge in [-0.05, 0) is 23.3 Å². The van der Waals surface area contributed by atoms with Gasteiger partial charge in [0.15, 0.2) is 6.04 Å². The van der Waals surface area contributed by atoms with Crippen molar-refractivity contribution in [1.82, 2.24) is 0 Å². The fourth-order valence-corrected chi connectivity index (χ4v) is 3.12. The third kappa shape index (κ3) is 6.59. The minimum absolute atomic E-state index is 0.285. The molecule has 2 rings (SSSR count). The predicted octanol–water partition coefficient (Wildman–Crippen LogP) is 4.17. The molecule has 126 valence electrons. The average molecular weight is 341 g/mol. The van der Waals surface area contributed by atoms with Crippen molar-refractivity contribution in [2.24, 2.45) is 4.99 Å². The van der Waals surface area contributed by atoms with E-state index < -0.39 is 6.04 Å². The van der Waals surface area contributed by atoms with Crippen molar-refractivity contribution in [1.29, 1.82) is 0 Å². The maximum atomic E-state index is 11.9. The Morgan fingerprint density at radius 1 is 1.08 bits per heavy atom. The number of nitrogens with zero attached hydrogens (tertiary/aromatic N) is 1. The Hall–Kier alpha value is -2.07. The summed E-state index contributed by atoms with van der Waals surface area (Å²) in [5, 5.41) is 0. The highest BCUT2D eigenvalue weighted by atomic mass is 32.2. The van der Waals surface area contributed by atoms with Gasteiger partial charge in [-0.2, -0.15) is 11.8 Å². The SMILES string of the molecule is COC(=O)[C@H](Cc1ccccc1)N=CCCSCc1ccccc1. The van der Waals surface area contributed by atoms with Crippen LogP contribution in [0.5, 0.6) is 0 Å². The van der Waals surface area contributed by atoms with E-state index in [4.69, 9.17) is 4.74 Å². The van der Waals surface area contributed by atoms with Gasteiger partial charge in [0.1, 0.15) is 0 Å². The zero-order valence-electron chi connectivity index (χ0n) is 13.9. The summed E-state index contributed by atoms with van der Waals surface area (Å²) in [6.07, 6.45) is 3.27. The lowest BCUT2D eigenvalue weighted by atomic mass is 10.1. The molecule has 0 aromatic heterocycles. The summed E-state index contributed by atoms with van der Waals surface area (Å²) >= 11 is 1.87. The summed E-state index contributed by atoms with van der Waals surface area (Å²) in [6.45, 7) is 0. The fraction of sp³-hybridized carbons (Fsp3) is 0.300. The van der Waals surface area contributed by atoms with Gasteiger partial charge in [0.05, 0.1) is 7.11 Å². The molecule has 0 bridgehead atoms. The number of methoxy groups -OCH3 is 1. The first-order valence-corrected chi connectivity index (χ1v) is 9.20. The molecule has 0 N–H and O–H groups in total. The minimum Gasteiger partial charge on any atom is -0.467 e. The van der Waals surface area contributed by atoms with Crippen LogP contribution in [-0.2, 0) is 21.7 Å². The molecule has 0 saturated carbocycles. The Morgan fingerprint density at radius 2 is 1.71 bits per heavy atom. The number of benzene rings is 2. The fourth-order valence-electron chi connectivity index (χ4n) is 2.27. The number of carbonyl (C=O) groups excluding carboxylic acids is 1. The Kier molecular flexibility index (Phi) is 8.11. The minimum atomic E-state index is -0.462. The van der Waals surface area contributed by atoms with E-state index in [-0.39, 0.29) is 5.97 Å². The number of aliphatic imine (C=N–C) groups is 1. The van der Waals surface area contributed by atoms with Crippen molar-refractivity contribution in [2.45, 2.75) is 24.6 Å². The summed E-state index contributed by atoms with van der Waals surface area (Å²) in [6, 6.07) is 19.8. The van der Waals surface area contributed by atoms with E-state index in [1.807, 2.05) is 54.4 Å². The van der Waals surface area contributed by atoms with Crippen molar-refractivity contribution in [2.75, 3.05) is 12.9 Å².